The third-order valence-electron chi connectivity index (χ3n) is 2.71. The van der Waals surface area contributed by atoms with E-state index in [4.69, 9.17) is 4.74 Å². The van der Waals surface area contributed by atoms with E-state index < -0.39 is 0 Å². The SMILES string of the molecule is C=CCCCC[C@@H](C)C[C@H](C)C(=O)OC. The minimum absolute atomic E-state index is 0.0319. The molecule has 0 saturated heterocycles. The van der Waals surface area contributed by atoms with Crippen LogP contribution in [0.4, 0.5) is 0 Å². The Kier molecular flexibility index (Phi) is 8.06. The lowest BCUT2D eigenvalue weighted by atomic mass is 9.93. The summed E-state index contributed by atoms with van der Waals surface area (Å²) in [5.41, 5.74) is 0. The lowest BCUT2D eigenvalue weighted by Gasteiger charge is -2.15. The topological polar surface area (TPSA) is 26.3 Å². The molecule has 0 aliphatic heterocycles. The molecule has 0 heterocycles. The van der Waals surface area contributed by atoms with Crippen molar-refractivity contribution in [2.75, 3.05) is 7.11 Å². The van der Waals surface area contributed by atoms with Gasteiger partial charge in [-0.1, -0.05) is 32.8 Å². The third kappa shape index (κ3) is 7.18. The molecule has 0 aromatic rings. The van der Waals surface area contributed by atoms with Gasteiger partial charge in [-0.2, -0.15) is 0 Å². The molecule has 0 radical (unpaired) electrons. The predicted molar refractivity (Wildman–Crippen MR) is 63.6 cm³/mol. The van der Waals surface area contributed by atoms with Gasteiger partial charge in [0.25, 0.3) is 0 Å². The Morgan fingerprint density at radius 3 is 2.60 bits per heavy atom. The summed E-state index contributed by atoms with van der Waals surface area (Å²) in [4.78, 5) is 11.2. The lowest BCUT2D eigenvalue weighted by Crippen LogP contribution is -2.15. The number of hydrogen-bond donors (Lipinski definition) is 0. The molecule has 0 amide bonds. The number of hydrogen-bond acceptors (Lipinski definition) is 2. The standard InChI is InChI=1S/C13H24O2/c1-5-6-7-8-9-11(2)10-12(3)13(14)15-4/h5,11-12H,1,6-10H2,2-4H3/t11-,12+/m1/s1. The summed E-state index contributed by atoms with van der Waals surface area (Å²) in [7, 11) is 1.45. The van der Waals surface area contributed by atoms with Gasteiger partial charge in [-0.25, -0.2) is 0 Å². The van der Waals surface area contributed by atoms with Crippen molar-refractivity contribution >= 4 is 5.97 Å². The summed E-state index contributed by atoms with van der Waals surface area (Å²) in [5, 5.41) is 0. The molecule has 2 atom stereocenters. The minimum atomic E-state index is -0.0899. The van der Waals surface area contributed by atoms with E-state index in [2.05, 4.69) is 13.5 Å². The zero-order valence-corrected chi connectivity index (χ0v) is 10.3. The van der Waals surface area contributed by atoms with Gasteiger partial charge < -0.3 is 4.74 Å². The molecule has 15 heavy (non-hydrogen) atoms. The van der Waals surface area contributed by atoms with Crippen LogP contribution in [0.2, 0.25) is 0 Å². The van der Waals surface area contributed by atoms with Gasteiger partial charge in [0.15, 0.2) is 0 Å². The molecular weight excluding hydrogens is 188 g/mol. The second-order valence-electron chi connectivity index (χ2n) is 4.34. The molecule has 0 rings (SSSR count). The van der Waals surface area contributed by atoms with Crippen molar-refractivity contribution in [1.29, 1.82) is 0 Å². The summed E-state index contributed by atoms with van der Waals surface area (Å²) >= 11 is 0. The maximum absolute atomic E-state index is 11.2. The van der Waals surface area contributed by atoms with Crippen LogP contribution >= 0.6 is 0 Å². The molecule has 2 heteroatoms. The number of ether oxygens (including phenoxy) is 1. The number of unbranched alkanes of at least 4 members (excludes halogenated alkanes) is 2. The monoisotopic (exact) mass is 212 g/mol. The first-order chi connectivity index (χ1) is 7.11. The second-order valence-corrected chi connectivity index (χ2v) is 4.34. The van der Waals surface area contributed by atoms with Crippen LogP contribution in [0, 0.1) is 11.8 Å². The van der Waals surface area contributed by atoms with Crippen LogP contribution in [0.5, 0.6) is 0 Å². The van der Waals surface area contributed by atoms with Crippen LogP contribution in [0.3, 0.4) is 0 Å². The van der Waals surface area contributed by atoms with E-state index >= 15 is 0 Å². The van der Waals surface area contributed by atoms with Gasteiger partial charge in [0.1, 0.15) is 0 Å². The normalized spacial score (nSPS) is 14.3. The van der Waals surface area contributed by atoms with Gasteiger partial charge >= 0.3 is 5.97 Å². The average Bonchev–Trinajstić information content (AvgIpc) is 2.23. The van der Waals surface area contributed by atoms with Crippen molar-refractivity contribution in [2.45, 2.75) is 46.0 Å². The summed E-state index contributed by atoms with van der Waals surface area (Å²) in [6.07, 6.45) is 7.61. The second kappa shape index (κ2) is 8.51. The van der Waals surface area contributed by atoms with Crippen molar-refractivity contribution in [3.05, 3.63) is 12.7 Å². The van der Waals surface area contributed by atoms with Gasteiger partial charge in [0.2, 0.25) is 0 Å². The van der Waals surface area contributed by atoms with Crippen LogP contribution in [-0.4, -0.2) is 13.1 Å². The Labute approximate surface area is 93.7 Å². The quantitative estimate of drug-likeness (QED) is 0.349. The molecule has 0 aromatic carbocycles. The fraction of sp³-hybridized carbons (Fsp3) is 0.769. The maximum Gasteiger partial charge on any atom is 0.308 e. The summed E-state index contributed by atoms with van der Waals surface area (Å²) < 4.78 is 4.70. The first kappa shape index (κ1) is 14.2. The predicted octanol–water partition coefficient (Wildman–Crippen LogP) is 3.57. The van der Waals surface area contributed by atoms with Crippen molar-refractivity contribution in [3.63, 3.8) is 0 Å². The van der Waals surface area contributed by atoms with Crippen molar-refractivity contribution in [1.82, 2.24) is 0 Å². The van der Waals surface area contributed by atoms with Crippen LogP contribution in [0.15, 0.2) is 12.7 Å². The average molecular weight is 212 g/mol. The van der Waals surface area contributed by atoms with Gasteiger partial charge in [0.05, 0.1) is 13.0 Å². The first-order valence-electron chi connectivity index (χ1n) is 5.80. The highest BCUT2D eigenvalue weighted by atomic mass is 16.5. The molecule has 0 N–H and O–H groups in total. The Morgan fingerprint density at radius 1 is 1.40 bits per heavy atom. The highest BCUT2D eigenvalue weighted by Gasteiger charge is 2.16. The van der Waals surface area contributed by atoms with Crippen molar-refractivity contribution in [3.8, 4) is 0 Å². The van der Waals surface area contributed by atoms with E-state index in [9.17, 15) is 4.79 Å². The number of esters is 1. The molecule has 0 aliphatic rings. The Bertz CT molecular complexity index is 187. The zero-order chi connectivity index (χ0) is 11.7. The zero-order valence-electron chi connectivity index (χ0n) is 10.3. The number of rotatable bonds is 8. The largest absolute Gasteiger partial charge is 0.469 e. The molecule has 0 bridgehead atoms. The van der Waals surface area contributed by atoms with E-state index in [1.54, 1.807) is 0 Å². The van der Waals surface area contributed by atoms with Gasteiger partial charge in [-0.3, -0.25) is 4.79 Å². The third-order valence-corrected chi connectivity index (χ3v) is 2.71. The summed E-state index contributed by atoms with van der Waals surface area (Å²) in [5.74, 6) is 0.543. The Morgan fingerprint density at radius 2 is 2.07 bits per heavy atom. The first-order valence-corrected chi connectivity index (χ1v) is 5.80. The smallest absolute Gasteiger partial charge is 0.308 e. The highest BCUT2D eigenvalue weighted by Crippen LogP contribution is 2.19. The van der Waals surface area contributed by atoms with E-state index in [0.717, 1.165) is 12.8 Å². The van der Waals surface area contributed by atoms with E-state index in [1.165, 1.54) is 26.4 Å². The number of allylic oxidation sites excluding steroid dienone is 1. The maximum atomic E-state index is 11.2. The van der Waals surface area contributed by atoms with Gasteiger partial charge in [0, 0.05) is 0 Å². The van der Waals surface area contributed by atoms with E-state index in [-0.39, 0.29) is 11.9 Å². The number of carbonyl (C=O) groups is 1. The van der Waals surface area contributed by atoms with Gasteiger partial charge in [-0.05, 0) is 25.2 Å². The van der Waals surface area contributed by atoms with Crippen LogP contribution in [0.25, 0.3) is 0 Å². The molecule has 0 saturated carbocycles. The fourth-order valence-corrected chi connectivity index (χ4v) is 1.80. The molecule has 0 aliphatic carbocycles. The lowest BCUT2D eigenvalue weighted by molar-refractivity contribution is -0.145. The highest BCUT2D eigenvalue weighted by molar-refractivity contribution is 5.71. The molecule has 0 unspecified atom stereocenters. The van der Waals surface area contributed by atoms with E-state index in [0.29, 0.717) is 5.92 Å². The fourth-order valence-electron chi connectivity index (χ4n) is 1.80. The van der Waals surface area contributed by atoms with Crippen molar-refractivity contribution in [2.24, 2.45) is 11.8 Å². The minimum Gasteiger partial charge on any atom is -0.469 e. The van der Waals surface area contributed by atoms with Crippen LogP contribution < -0.4 is 0 Å². The number of methoxy groups -OCH3 is 1. The van der Waals surface area contributed by atoms with E-state index in [1.807, 2.05) is 13.0 Å². The Hall–Kier alpha value is -0.790. The summed E-state index contributed by atoms with van der Waals surface area (Å²) in [6, 6.07) is 0. The summed E-state index contributed by atoms with van der Waals surface area (Å²) in [6.45, 7) is 7.84. The van der Waals surface area contributed by atoms with Crippen molar-refractivity contribution < 1.29 is 9.53 Å². The van der Waals surface area contributed by atoms with Crippen LogP contribution in [0.1, 0.15) is 46.0 Å². The number of carbonyl (C=O) groups excluding carboxylic acids is 1. The molecule has 88 valence electrons. The molecule has 2 nitrogen and oxygen atoms in total. The van der Waals surface area contributed by atoms with Crippen LogP contribution in [-0.2, 0) is 9.53 Å². The Balaban J connectivity index is 3.59. The van der Waals surface area contributed by atoms with Gasteiger partial charge in [-0.15, -0.1) is 6.58 Å². The molecular formula is C13H24O2. The molecule has 0 fully saturated rings. The molecule has 0 spiro atoms. The molecule has 0 aromatic heterocycles.